The minimum Gasteiger partial charge on any atom is -0.508 e. The van der Waals surface area contributed by atoms with Crippen molar-refractivity contribution in [2.45, 2.75) is 45.7 Å². The maximum absolute atomic E-state index is 13.0. The lowest BCUT2D eigenvalue weighted by atomic mass is 9.95. The fourth-order valence-corrected chi connectivity index (χ4v) is 1.55. The Labute approximate surface area is 96.5 Å². The first kappa shape index (κ1) is 13.0. The molecule has 0 bridgehead atoms. The average molecular weight is 225 g/mol. The molecule has 2 N–H and O–H groups in total. The number of phenols is 1. The lowest BCUT2D eigenvalue weighted by molar-refractivity contribution is 0.329. The normalized spacial score (nSPS) is 11.8. The predicted molar refractivity (Wildman–Crippen MR) is 63.9 cm³/mol. The maximum atomic E-state index is 13.0. The van der Waals surface area contributed by atoms with E-state index >= 15 is 0 Å². The van der Waals surface area contributed by atoms with Crippen LogP contribution in [0.5, 0.6) is 5.75 Å². The van der Waals surface area contributed by atoms with Crippen LogP contribution in [0.15, 0.2) is 18.2 Å². The summed E-state index contributed by atoms with van der Waals surface area (Å²) in [6.07, 6.45) is 2.04. The molecule has 0 aliphatic carbocycles. The van der Waals surface area contributed by atoms with Crippen molar-refractivity contribution in [3.05, 3.63) is 29.6 Å². The highest BCUT2D eigenvalue weighted by Gasteiger charge is 2.18. The molecule has 0 saturated heterocycles. The molecular weight excluding hydrogens is 205 g/mol. The van der Waals surface area contributed by atoms with Gasteiger partial charge in [-0.2, -0.15) is 0 Å². The molecule has 1 aromatic rings. The smallest absolute Gasteiger partial charge is 0.127 e. The van der Waals surface area contributed by atoms with Crippen molar-refractivity contribution in [1.82, 2.24) is 5.32 Å². The molecule has 16 heavy (non-hydrogen) atoms. The first-order valence-corrected chi connectivity index (χ1v) is 5.72. The first-order chi connectivity index (χ1) is 7.49. The van der Waals surface area contributed by atoms with E-state index in [-0.39, 0.29) is 11.3 Å². The number of hydrogen-bond donors (Lipinski definition) is 2. The molecule has 2 nitrogen and oxygen atoms in total. The van der Waals surface area contributed by atoms with Crippen LogP contribution >= 0.6 is 0 Å². The number of nitrogens with one attached hydrogen (secondary N) is 1. The van der Waals surface area contributed by atoms with Crippen molar-refractivity contribution in [2.75, 3.05) is 0 Å². The highest BCUT2D eigenvalue weighted by Crippen LogP contribution is 2.18. The van der Waals surface area contributed by atoms with Crippen molar-refractivity contribution in [1.29, 1.82) is 0 Å². The number of hydrogen-bond acceptors (Lipinski definition) is 2. The molecule has 0 radical (unpaired) electrons. The lowest BCUT2D eigenvalue weighted by Gasteiger charge is -2.28. The molecule has 0 atom stereocenters. The van der Waals surface area contributed by atoms with Gasteiger partial charge in [0.15, 0.2) is 0 Å². The van der Waals surface area contributed by atoms with Gasteiger partial charge in [-0.25, -0.2) is 4.39 Å². The molecule has 0 amide bonds. The van der Waals surface area contributed by atoms with Crippen LogP contribution in [0.25, 0.3) is 0 Å². The third-order valence-electron chi connectivity index (χ3n) is 3.22. The number of aromatic hydroxyl groups is 1. The van der Waals surface area contributed by atoms with Crippen molar-refractivity contribution < 1.29 is 9.50 Å². The van der Waals surface area contributed by atoms with Gasteiger partial charge in [0.1, 0.15) is 11.6 Å². The van der Waals surface area contributed by atoms with E-state index in [1.165, 1.54) is 6.07 Å². The van der Waals surface area contributed by atoms with Gasteiger partial charge < -0.3 is 10.4 Å². The number of rotatable bonds is 5. The average Bonchev–Trinajstić information content (AvgIpc) is 2.25. The van der Waals surface area contributed by atoms with Crippen molar-refractivity contribution >= 4 is 0 Å². The van der Waals surface area contributed by atoms with E-state index in [0.29, 0.717) is 6.54 Å². The monoisotopic (exact) mass is 225 g/mol. The van der Waals surface area contributed by atoms with E-state index in [1.807, 2.05) is 0 Å². The van der Waals surface area contributed by atoms with Gasteiger partial charge in [-0.1, -0.05) is 13.8 Å². The van der Waals surface area contributed by atoms with Crippen LogP contribution in [0.1, 0.15) is 39.2 Å². The predicted octanol–water partition coefficient (Wildman–Crippen LogP) is 3.20. The molecule has 0 aliphatic heterocycles. The van der Waals surface area contributed by atoms with E-state index in [0.717, 1.165) is 24.5 Å². The van der Waals surface area contributed by atoms with Crippen LogP contribution in [0, 0.1) is 5.82 Å². The summed E-state index contributed by atoms with van der Waals surface area (Å²) in [5.41, 5.74) is 0.840. The minimum absolute atomic E-state index is 0.0218. The van der Waals surface area contributed by atoms with Gasteiger partial charge in [0.05, 0.1) is 0 Å². The zero-order chi connectivity index (χ0) is 12.2. The van der Waals surface area contributed by atoms with Crippen LogP contribution in [0.2, 0.25) is 0 Å². The van der Waals surface area contributed by atoms with Crippen LogP contribution in [0.3, 0.4) is 0 Å². The number of halogens is 1. The van der Waals surface area contributed by atoms with E-state index < -0.39 is 5.82 Å². The second-order valence-electron chi connectivity index (χ2n) is 4.44. The van der Waals surface area contributed by atoms with Gasteiger partial charge >= 0.3 is 0 Å². The van der Waals surface area contributed by atoms with E-state index in [2.05, 4.69) is 26.1 Å². The van der Waals surface area contributed by atoms with Crippen LogP contribution in [-0.4, -0.2) is 10.6 Å². The van der Waals surface area contributed by atoms with Gasteiger partial charge in [-0.3, -0.25) is 0 Å². The third kappa shape index (κ3) is 3.49. The summed E-state index contributed by atoms with van der Waals surface area (Å²) >= 11 is 0. The molecule has 0 heterocycles. The summed E-state index contributed by atoms with van der Waals surface area (Å²) in [5, 5.41) is 12.7. The van der Waals surface area contributed by atoms with E-state index in [4.69, 9.17) is 0 Å². The largest absolute Gasteiger partial charge is 0.508 e. The molecule has 0 spiro atoms. The fraction of sp³-hybridized carbons (Fsp3) is 0.538. The van der Waals surface area contributed by atoms with Gasteiger partial charge in [0.25, 0.3) is 0 Å². The Hall–Kier alpha value is -1.09. The van der Waals surface area contributed by atoms with Crippen molar-refractivity contribution in [3.8, 4) is 5.75 Å². The van der Waals surface area contributed by atoms with Crippen molar-refractivity contribution in [2.24, 2.45) is 0 Å². The van der Waals surface area contributed by atoms with Gasteiger partial charge in [-0.15, -0.1) is 0 Å². The van der Waals surface area contributed by atoms with Crippen LogP contribution in [-0.2, 0) is 6.54 Å². The third-order valence-corrected chi connectivity index (χ3v) is 3.22. The number of phenolic OH excluding ortho intramolecular Hbond substituents is 1. The molecule has 90 valence electrons. The highest BCUT2D eigenvalue weighted by atomic mass is 19.1. The Morgan fingerprint density at radius 2 is 1.88 bits per heavy atom. The van der Waals surface area contributed by atoms with E-state index in [1.54, 1.807) is 6.07 Å². The summed E-state index contributed by atoms with van der Waals surface area (Å²) in [4.78, 5) is 0. The summed E-state index contributed by atoms with van der Waals surface area (Å²) in [7, 11) is 0. The second-order valence-corrected chi connectivity index (χ2v) is 4.44. The fourth-order valence-electron chi connectivity index (χ4n) is 1.55. The molecule has 0 aromatic heterocycles. The Morgan fingerprint density at radius 1 is 1.25 bits per heavy atom. The molecule has 0 saturated carbocycles. The quantitative estimate of drug-likeness (QED) is 0.806. The second kappa shape index (κ2) is 5.30. The maximum Gasteiger partial charge on any atom is 0.127 e. The Kier molecular flexibility index (Phi) is 4.30. The van der Waals surface area contributed by atoms with Gasteiger partial charge in [0.2, 0.25) is 0 Å². The summed E-state index contributed by atoms with van der Waals surface area (Å²) in [6.45, 7) is 6.97. The molecule has 3 heteroatoms. The van der Waals surface area contributed by atoms with Crippen LogP contribution < -0.4 is 5.32 Å². The van der Waals surface area contributed by atoms with Gasteiger partial charge in [-0.05, 0) is 37.5 Å². The summed E-state index contributed by atoms with van der Waals surface area (Å²) in [6, 6.07) is 4.14. The highest BCUT2D eigenvalue weighted by molar-refractivity contribution is 5.28. The Bertz CT molecular complexity index is 328. The molecule has 1 rings (SSSR count). The molecule has 0 aliphatic rings. The molecular formula is C13H20FNO. The number of benzene rings is 1. The standard InChI is InChI=1S/C13H20FNO/c1-4-13(3,5-2)15-9-10-6-11(14)8-12(16)7-10/h6-8,15-16H,4-5,9H2,1-3H3. The zero-order valence-electron chi connectivity index (χ0n) is 10.2. The minimum atomic E-state index is -0.397. The molecule has 0 unspecified atom stereocenters. The topological polar surface area (TPSA) is 32.3 Å². The Balaban J connectivity index is 2.67. The SMILES string of the molecule is CCC(C)(CC)NCc1cc(O)cc(F)c1. The van der Waals surface area contributed by atoms with Crippen LogP contribution in [0.4, 0.5) is 4.39 Å². The van der Waals surface area contributed by atoms with Crippen molar-refractivity contribution in [3.63, 3.8) is 0 Å². The summed E-state index contributed by atoms with van der Waals surface area (Å²) < 4.78 is 13.0. The van der Waals surface area contributed by atoms with E-state index in [9.17, 15) is 9.50 Å². The zero-order valence-corrected chi connectivity index (χ0v) is 10.2. The first-order valence-electron chi connectivity index (χ1n) is 5.72. The summed E-state index contributed by atoms with van der Waals surface area (Å²) in [5.74, 6) is -0.419. The molecule has 1 aromatic carbocycles. The molecule has 0 fully saturated rings. The van der Waals surface area contributed by atoms with Gasteiger partial charge in [0, 0.05) is 18.2 Å². The lowest BCUT2D eigenvalue weighted by Crippen LogP contribution is -2.40. The Morgan fingerprint density at radius 3 is 2.38 bits per heavy atom.